The van der Waals surface area contributed by atoms with Gasteiger partial charge >= 0.3 is 5.97 Å². The van der Waals surface area contributed by atoms with Gasteiger partial charge in [-0.15, -0.1) is 0 Å². The van der Waals surface area contributed by atoms with Gasteiger partial charge < -0.3 is 4.84 Å². The lowest BCUT2D eigenvalue weighted by atomic mass is 10.00. The molecule has 0 saturated carbocycles. The standard InChI is InChI=1S/C7H11NO3/c9-7(11-8-10)6-4-2-1-3-5-6/h4,8,10H,1-3,5H2. The third-order valence-corrected chi connectivity index (χ3v) is 1.69. The highest BCUT2D eigenvalue weighted by Crippen LogP contribution is 2.17. The Balaban J connectivity index is 2.44. The molecular weight excluding hydrogens is 146 g/mol. The molecule has 0 radical (unpaired) electrons. The average molecular weight is 157 g/mol. The van der Waals surface area contributed by atoms with Crippen molar-refractivity contribution in [1.82, 2.24) is 5.64 Å². The van der Waals surface area contributed by atoms with Crippen molar-refractivity contribution in [1.29, 1.82) is 0 Å². The van der Waals surface area contributed by atoms with Crippen LogP contribution in [-0.4, -0.2) is 11.2 Å². The lowest BCUT2D eigenvalue weighted by molar-refractivity contribution is -0.171. The normalized spacial score (nSPS) is 17.4. The van der Waals surface area contributed by atoms with Crippen LogP contribution in [0.2, 0.25) is 0 Å². The van der Waals surface area contributed by atoms with Crippen LogP contribution in [0.25, 0.3) is 0 Å². The Kier molecular flexibility index (Phi) is 3.07. The molecule has 4 heteroatoms. The minimum atomic E-state index is -0.479. The second-order valence-corrected chi connectivity index (χ2v) is 2.46. The van der Waals surface area contributed by atoms with Crippen LogP contribution in [-0.2, 0) is 9.63 Å². The maximum Gasteiger partial charge on any atom is 0.354 e. The molecule has 1 rings (SSSR count). The lowest BCUT2D eigenvalue weighted by Crippen LogP contribution is -2.18. The van der Waals surface area contributed by atoms with Gasteiger partial charge in [0, 0.05) is 5.57 Å². The molecule has 1 aliphatic rings. The first kappa shape index (κ1) is 8.23. The molecule has 0 atom stereocenters. The minimum absolute atomic E-state index is 0.479. The van der Waals surface area contributed by atoms with Gasteiger partial charge in [-0.05, 0) is 31.3 Å². The second kappa shape index (κ2) is 4.10. The molecule has 0 fully saturated rings. The zero-order valence-electron chi connectivity index (χ0n) is 6.17. The van der Waals surface area contributed by atoms with Gasteiger partial charge in [-0.2, -0.15) is 0 Å². The summed E-state index contributed by atoms with van der Waals surface area (Å²) in [5.74, 6) is -0.479. The molecule has 1 aliphatic carbocycles. The first-order chi connectivity index (χ1) is 5.34. The molecule has 0 spiro atoms. The predicted octanol–water partition coefficient (Wildman–Crippen LogP) is 0.924. The third kappa shape index (κ3) is 2.32. The molecule has 11 heavy (non-hydrogen) atoms. The van der Waals surface area contributed by atoms with Gasteiger partial charge in [0.05, 0.1) is 0 Å². The summed E-state index contributed by atoms with van der Waals surface area (Å²) in [5, 5.41) is 8.05. The van der Waals surface area contributed by atoms with E-state index in [1.165, 1.54) is 5.64 Å². The highest BCUT2D eigenvalue weighted by Gasteiger charge is 2.12. The maximum atomic E-state index is 10.9. The van der Waals surface area contributed by atoms with E-state index in [1.54, 1.807) is 0 Å². The summed E-state index contributed by atoms with van der Waals surface area (Å²) in [6, 6.07) is 0. The lowest BCUT2D eigenvalue weighted by Gasteiger charge is -2.09. The predicted molar refractivity (Wildman–Crippen MR) is 37.6 cm³/mol. The summed E-state index contributed by atoms with van der Waals surface area (Å²) in [6.45, 7) is 0. The Labute approximate surface area is 64.8 Å². The zero-order chi connectivity index (χ0) is 8.10. The number of carbonyl (C=O) groups excluding carboxylic acids is 1. The average Bonchev–Trinajstić information content (AvgIpc) is 2.07. The molecule has 62 valence electrons. The van der Waals surface area contributed by atoms with E-state index in [-0.39, 0.29) is 0 Å². The molecule has 0 aromatic carbocycles. The van der Waals surface area contributed by atoms with Crippen molar-refractivity contribution in [3.8, 4) is 0 Å². The molecule has 2 N–H and O–H groups in total. The van der Waals surface area contributed by atoms with Crippen molar-refractivity contribution < 1.29 is 14.8 Å². The largest absolute Gasteiger partial charge is 0.354 e. The molecule has 0 aromatic rings. The van der Waals surface area contributed by atoms with E-state index < -0.39 is 5.97 Å². The maximum absolute atomic E-state index is 10.9. The van der Waals surface area contributed by atoms with Crippen LogP contribution < -0.4 is 5.64 Å². The molecule has 0 aliphatic heterocycles. The summed E-state index contributed by atoms with van der Waals surface area (Å²) >= 11 is 0. The topological polar surface area (TPSA) is 58.6 Å². The van der Waals surface area contributed by atoms with Gasteiger partial charge in [-0.1, -0.05) is 6.08 Å². The SMILES string of the molecule is O=C(ONO)C1=CCCCC1. The van der Waals surface area contributed by atoms with E-state index in [9.17, 15) is 4.79 Å². The van der Waals surface area contributed by atoms with Crippen molar-refractivity contribution >= 4 is 5.97 Å². The van der Waals surface area contributed by atoms with Gasteiger partial charge in [0.2, 0.25) is 0 Å². The van der Waals surface area contributed by atoms with Gasteiger partial charge in [0.15, 0.2) is 0 Å². The van der Waals surface area contributed by atoms with Gasteiger partial charge in [-0.25, -0.2) is 4.79 Å². The summed E-state index contributed by atoms with van der Waals surface area (Å²) in [7, 11) is 0. The molecular formula is C7H11NO3. The summed E-state index contributed by atoms with van der Waals surface area (Å²) < 4.78 is 0. The smallest absolute Gasteiger partial charge is 0.341 e. The Hall–Kier alpha value is -0.870. The van der Waals surface area contributed by atoms with Crippen LogP contribution >= 0.6 is 0 Å². The quantitative estimate of drug-likeness (QED) is 0.585. The molecule has 0 heterocycles. The van der Waals surface area contributed by atoms with Crippen LogP contribution in [0, 0.1) is 0 Å². The Morgan fingerprint density at radius 2 is 2.45 bits per heavy atom. The van der Waals surface area contributed by atoms with Crippen LogP contribution in [0.1, 0.15) is 25.7 Å². The second-order valence-electron chi connectivity index (χ2n) is 2.46. The first-order valence-electron chi connectivity index (χ1n) is 3.64. The highest BCUT2D eigenvalue weighted by molar-refractivity contribution is 5.88. The van der Waals surface area contributed by atoms with Crippen LogP contribution in [0.5, 0.6) is 0 Å². The van der Waals surface area contributed by atoms with E-state index in [0.717, 1.165) is 25.7 Å². The van der Waals surface area contributed by atoms with Gasteiger partial charge in [-0.3, -0.25) is 5.21 Å². The number of allylic oxidation sites excluding steroid dienone is 1. The Bertz CT molecular complexity index is 177. The third-order valence-electron chi connectivity index (χ3n) is 1.69. The van der Waals surface area contributed by atoms with Crippen LogP contribution in [0.15, 0.2) is 11.6 Å². The van der Waals surface area contributed by atoms with Crippen molar-refractivity contribution in [3.63, 3.8) is 0 Å². The first-order valence-corrected chi connectivity index (χ1v) is 3.64. The van der Waals surface area contributed by atoms with Crippen molar-refractivity contribution in [2.45, 2.75) is 25.7 Å². The van der Waals surface area contributed by atoms with Crippen molar-refractivity contribution in [3.05, 3.63) is 11.6 Å². The summed E-state index contributed by atoms with van der Waals surface area (Å²) in [6.07, 6.45) is 5.68. The number of nitrogens with one attached hydrogen (secondary N) is 1. The fourth-order valence-corrected chi connectivity index (χ4v) is 1.13. The van der Waals surface area contributed by atoms with Gasteiger partial charge in [0.25, 0.3) is 0 Å². The molecule has 0 aromatic heterocycles. The van der Waals surface area contributed by atoms with E-state index in [1.807, 2.05) is 6.08 Å². The van der Waals surface area contributed by atoms with Crippen LogP contribution in [0.3, 0.4) is 0 Å². The van der Waals surface area contributed by atoms with E-state index in [0.29, 0.717) is 5.57 Å². The Morgan fingerprint density at radius 3 is 3.00 bits per heavy atom. The van der Waals surface area contributed by atoms with Crippen LogP contribution in [0.4, 0.5) is 0 Å². The molecule has 0 saturated heterocycles. The molecule has 4 nitrogen and oxygen atoms in total. The fraction of sp³-hybridized carbons (Fsp3) is 0.571. The van der Waals surface area contributed by atoms with Crippen molar-refractivity contribution in [2.75, 3.05) is 0 Å². The van der Waals surface area contributed by atoms with E-state index >= 15 is 0 Å². The van der Waals surface area contributed by atoms with Gasteiger partial charge in [0.1, 0.15) is 0 Å². The summed E-state index contributed by atoms with van der Waals surface area (Å²) in [5.41, 5.74) is 2.03. The number of hydrogen-bond donors (Lipinski definition) is 2. The van der Waals surface area contributed by atoms with E-state index in [4.69, 9.17) is 5.21 Å². The minimum Gasteiger partial charge on any atom is -0.341 e. The fourth-order valence-electron chi connectivity index (χ4n) is 1.13. The zero-order valence-corrected chi connectivity index (χ0v) is 6.17. The number of hydrogen-bond acceptors (Lipinski definition) is 4. The van der Waals surface area contributed by atoms with E-state index in [2.05, 4.69) is 4.84 Å². The summed E-state index contributed by atoms with van der Waals surface area (Å²) in [4.78, 5) is 15.1. The van der Waals surface area contributed by atoms with Crippen molar-refractivity contribution in [2.24, 2.45) is 0 Å². The Morgan fingerprint density at radius 1 is 1.64 bits per heavy atom. The molecule has 0 amide bonds. The number of carbonyl (C=O) groups is 1. The molecule has 0 bridgehead atoms. The molecule has 0 unspecified atom stereocenters. The monoisotopic (exact) mass is 157 g/mol. The highest BCUT2D eigenvalue weighted by atomic mass is 16.9. The number of rotatable bonds is 2.